The highest BCUT2D eigenvalue weighted by Gasteiger charge is 2.31. The van der Waals surface area contributed by atoms with Crippen LogP contribution in [0.2, 0.25) is 0 Å². The number of ether oxygens (including phenoxy) is 1. The highest BCUT2D eigenvalue weighted by Crippen LogP contribution is 2.23. The van der Waals surface area contributed by atoms with Gasteiger partial charge in [0.15, 0.2) is 5.13 Å². The van der Waals surface area contributed by atoms with Gasteiger partial charge in [-0.2, -0.15) is 0 Å². The fourth-order valence-electron chi connectivity index (χ4n) is 2.93. The summed E-state index contributed by atoms with van der Waals surface area (Å²) in [5, 5.41) is 5.71. The number of benzene rings is 2. The normalized spacial score (nSPS) is 16.4. The van der Waals surface area contributed by atoms with E-state index in [1.165, 1.54) is 23.0 Å². The number of nitrogens with zero attached hydrogens (tertiary/aromatic N) is 2. The monoisotopic (exact) mass is 456 g/mol. The van der Waals surface area contributed by atoms with Crippen LogP contribution in [-0.4, -0.2) is 31.2 Å². The zero-order valence-electron chi connectivity index (χ0n) is 16.8. The third-order valence-electron chi connectivity index (χ3n) is 4.54. The van der Waals surface area contributed by atoms with E-state index in [0.717, 1.165) is 5.69 Å². The zero-order valence-corrected chi connectivity index (χ0v) is 18.5. The fourth-order valence-corrected chi connectivity index (χ4v) is 4.89. The molecule has 4 rings (SSSR count). The van der Waals surface area contributed by atoms with Crippen molar-refractivity contribution in [3.63, 3.8) is 0 Å². The molecule has 10 heteroatoms. The number of sulfonamides is 1. The number of anilines is 2. The minimum Gasteiger partial charge on any atom is -0.458 e. The summed E-state index contributed by atoms with van der Waals surface area (Å²) in [4.78, 5) is 21.1. The molecular formula is C21H20N4O4S2. The molecular weight excluding hydrogens is 436 g/mol. The predicted octanol–water partition coefficient (Wildman–Crippen LogP) is 3.37. The van der Waals surface area contributed by atoms with Gasteiger partial charge >= 0.3 is 5.97 Å². The molecule has 1 aliphatic heterocycles. The van der Waals surface area contributed by atoms with Gasteiger partial charge < -0.3 is 10.1 Å². The molecule has 0 fully saturated rings. The Kier molecular flexibility index (Phi) is 5.75. The van der Waals surface area contributed by atoms with E-state index in [2.05, 4.69) is 20.0 Å². The SMILES string of the molecule is Cc1ccc(Nc2nc(COC(=O)[C@@H](C)N=C3NS(=O)(=O)c4ccccc43)cs2)cc1. The second kappa shape index (κ2) is 8.48. The number of nitrogens with one attached hydrogen (secondary N) is 2. The highest BCUT2D eigenvalue weighted by molar-refractivity contribution is 7.90. The van der Waals surface area contributed by atoms with Gasteiger partial charge in [-0.1, -0.05) is 29.8 Å². The molecule has 2 N–H and O–H groups in total. The molecule has 2 aromatic carbocycles. The molecule has 0 radical (unpaired) electrons. The molecule has 3 aromatic rings. The Labute approximate surface area is 184 Å². The van der Waals surface area contributed by atoms with Gasteiger partial charge in [0.05, 0.1) is 10.6 Å². The highest BCUT2D eigenvalue weighted by atomic mass is 32.2. The van der Waals surface area contributed by atoms with Crippen molar-refractivity contribution >= 4 is 44.0 Å². The standard InChI is InChI=1S/C21H20N4O4S2/c1-13-7-9-15(10-8-13)23-21-24-16(12-30-21)11-29-20(26)14(2)22-19-17-5-3-4-6-18(17)31(27,28)25-19/h3-10,12,14H,11H2,1-2H3,(H,22,25)(H,23,24)/t14-/m1/s1. The third-order valence-corrected chi connectivity index (χ3v) is 6.75. The second-order valence-corrected chi connectivity index (χ2v) is 9.51. The summed E-state index contributed by atoms with van der Waals surface area (Å²) in [5.41, 5.74) is 3.14. The lowest BCUT2D eigenvalue weighted by Crippen LogP contribution is -2.26. The average Bonchev–Trinajstić information content (AvgIpc) is 3.30. The molecule has 0 aliphatic carbocycles. The molecule has 0 saturated heterocycles. The van der Waals surface area contributed by atoms with Crippen LogP contribution in [0.1, 0.15) is 23.7 Å². The van der Waals surface area contributed by atoms with Gasteiger partial charge in [0, 0.05) is 16.6 Å². The first-order valence-corrected chi connectivity index (χ1v) is 11.8. The van der Waals surface area contributed by atoms with Crippen molar-refractivity contribution in [2.75, 3.05) is 5.32 Å². The Morgan fingerprint density at radius 2 is 1.97 bits per heavy atom. The number of hydrogen-bond acceptors (Lipinski definition) is 8. The van der Waals surface area contributed by atoms with E-state index in [1.54, 1.807) is 25.1 Å². The molecule has 0 bridgehead atoms. The van der Waals surface area contributed by atoms with Gasteiger partial charge in [-0.15, -0.1) is 11.3 Å². The maximum Gasteiger partial charge on any atom is 0.331 e. The Bertz CT molecular complexity index is 1250. The molecule has 0 amide bonds. The minimum atomic E-state index is -3.66. The molecule has 0 spiro atoms. The molecule has 1 aromatic heterocycles. The quantitative estimate of drug-likeness (QED) is 0.551. The summed E-state index contributed by atoms with van der Waals surface area (Å²) in [7, 11) is -3.66. The van der Waals surface area contributed by atoms with Crippen molar-refractivity contribution in [1.29, 1.82) is 0 Å². The summed E-state index contributed by atoms with van der Waals surface area (Å²) in [6.07, 6.45) is 0. The van der Waals surface area contributed by atoms with Gasteiger partial charge in [0.2, 0.25) is 0 Å². The lowest BCUT2D eigenvalue weighted by Gasteiger charge is -2.08. The van der Waals surface area contributed by atoms with Gasteiger partial charge in [-0.3, -0.25) is 9.71 Å². The van der Waals surface area contributed by atoms with E-state index in [9.17, 15) is 13.2 Å². The van der Waals surface area contributed by atoms with Crippen molar-refractivity contribution in [2.45, 2.75) is 31.4 Å². The minimum absolute atomic E-state index is 0.00240. The van der Waals surface area contributed by atoms with Crippen LogP contribution in [-0.2, 0) is 26.2 Å². The third kappa shape index (κ3) is 4.75. The number of thiazole rings is 1. The van der Waals surface area contributed by atoms with E-state index in [-0.39, 0.29) is 17.3 Å². The Hall–Kier alpha value is -3.24. The van der Waals surface area contributed by atoms with Gasteiger partial charge in [0.1, 0.15) is 18.5 Å². The number of aliphatic imine (C=N–C) groups is 1. The molecule has 1 atom stereocenters. The summed E-state index contributed by atoms with van der Waals surface area (Å²) < 4.78 is 32.0. The number of rotatable bonds is 6. The summed E-state index contributed by atoms with van der Waals surface area (Å²) >= 11 is 1.41. The number of carbonyl (C=O) groups excluding carboxylic acids is 1. The van der Waals surface area contributed by atoms with Gasteiger partial charge in [-0.25, -0.2) is 18.2 Å². The molecule has 0 saturated carbocycles. The van der Waals surface area contributed by atoms with Crippen LogP contribution >= 0.6 is 11.3 Å². The van der Waals surface area contributed by atoms with Crippen molar-refractivity contribution in [3.8, 4) is 0 Å². The molecule has 1 aliphatic rings. The summed E-state index contributed by atoms with van der Waals surface area (Å²) in [6, 6.07) is 13.5. The van der Waals surface area contributed by atoms with E-state index < -0.39 is 22.0 Å². The number of aromatic nitrogens is 1. The average molecular weight is 457 g/mol. The summed E-state index contributed by atoms with van der Waals surface area (Å²) in [6.45, 7) is 3.57. The Balaban J connectivity index is 1.37. The van der Waals surface area contributed by atoms with Gasteiger partial charge in [-0.05, 0) is 38.1 Å². The number of amidine groups is 1. The maximum atomic E-state index is 12.4. The van der Waals surface area contributed by atoms with Crippen LogP contribution in [0.25, 0.3) is 0 Å². The van der Waals surface area contributed by atoms with Crippen molar-refractivity contribution in [2.24, 2.45) is 4.99 Å². The first-order chi connectivity index (χ1) is 14.8. The van der Waals surface area contributed by atoms with Crippen molar-refractivity contribution in [3.05, 3.63) is 70.7 Å². The number of fused-ring (bicyclic) bond motifs is 1. The van der Waals surface area contributed by atoms with Crippen LogP contribution in [0.5, 0.6) is 0 Å². The lowest BCUT2D eigenvalue weighted by atomic mass is 10.2. The van der Waals surface area contributed by atoms with Crippen LogP contribution in [0.4, 0.5) is 10.8 Å². The summed E-state index contributed by atoms with van der Waals surface area (Å²) in [5.74, 6) is -0.435. The van der Waals surface area contributed by atoms with Crippen LogP contribution in [0, 0.1) is 6.92 Å². The van der Waals surface area contributed by atoms with Crippen LogP contribution in [0.3, 0.4) is 0 Å². The first kappa shape index (κ1) is 21.0. The van der Waals surface area contributed by atoms with E-state index >= 15 is 0 Å². The van der Waals surface area contributed by atoms with Crippen molar-refractivity contribution in [1.82, 2.24) is 9.71 Å². The number of esters is 1. The van der Waals surface area contributed by atoms with E-state index in [1.807, 2.05) is 36.6 Å². The fraction of sp³-hybridized carbons (Fsp3) is 0.190. The smallest absolute Gasteiger partial charge is 0.331 e. The lowest BCUT2D eigenvalue weighted by molar-refractivity contribution is -0.146. The molecule has 2 heterocycles. The first-order valence-electron chi connectivity index (χ1n) is 9.46. The molecule has 0 unspecified atom stereocenters. The number of carbonyl (C=O) groups is 1. The van der Waals surface area contributed by atoms with Crippen molar-refractivity contribution < 1.29 is 17.9 Å². The van der Waals surface area contributed by atoms with E-state index in [0.29, 0.717) is 16.4 Å². The second-order valence-electron chi connectivity index (χ2n) is 7.00. The van der Waals surface area contributed by atoms with Crippen LogP contribution in [0.15, 0.2) is 63.8 Å². The molecule has 8 nitrogen and oxygen atoms in total. The topological polar surface area (TPSA) is 110 Å². The molecule has 31 heavy (non-hydrogen) atoms. The van der Waals surface area contributed by atoms with E-state index in [4.69, 9.17) is 4.74 Å². The maximum absolute atomic E-state index is 12.4. The largest absolute Gasteiger partial charge is 0.458 e. The van der Waals surface area contributed by atoms with Gasteiger partial charge in [0.25, 0.3) is 10.0 Å². The predicted molar refractivity (Wildman–Crippen MR) is 119 cm³/mol. The Morgan fingerprint density at radius 1 is 1.23 bits per heavy atom. The molecule has 160 valence electrons. The number of hydrogen-bond donors (Lipinski definition) is 2. The Morgan fingerprint density at radius 3 is 2.74 bits per heavy atom. The number of aryl methyl sites for hydroxylation is 1. The zero-order chi connectivity index (χ0) is 22.0. The van der Waals surface area contributed by atoms with Crippen LogP contribution < -0.4 is 10.0 Å².